The molecule has 1 atom stereocenters. The lowest BCUT2D eigenvalue weighted by Gasteiger charge is -2.18. The van der Waals surface area contributed by atoms with Crippen molar-refractivity contribution in [2.75, 3.05) is 25.9 Å². The van der Waals surface area contributed by atoms with E-state index in [4.69, 9.17) is 0 Å². The van der Waals surface area contributed by atoms with Crippen molar-refractivity contribution in [3.05, 3.63) is 0 Å². The van der Waals surface area contributed by atoms with Gasteiger partial charge in [0.2, 0.25) is 0 Å². The molecule has 0 rings (SSSR count). The molecule has 3 nitrogen and oxygen atoms in total. The van der Waals surface area contributed by atoms with Crippen molar-refractivity contribution in [2.45, 2.75) is 37.3 Å². The fourth-order valence-corrected chi connectivity index (χ4v) is 2.27. The number of nitrogens with zero attached hydrogens (tertiary/aromatic N) is 1. The monoisotopic (exact) mass is 299 g/mol. The van der Waals surface area contributed by atoms with E-state index in [0.29, 0.717) is 11.4 Å². The largest absolute Gasteiger partial charge is 0.305 e. The Labute approximate surface area is 102 Å². The minimum atomic E-state index is -2.89. The second kappa shape index (κ2) is 6.86. The predicted molar refractivity (Wildman–Crippen MR) is 69.4 cm³/mol. The molecule has 5 heteroatoms. The molecule has 1 unspecified atom stereocenters. The lowest BCUT2D eigenvalue weighted by Crippen LogP contribution is -2.30. The molecule has 0 saturated heterocycles. The first-order valence-electron chi connectivity index (χ1n) is 5.30. The van der Waals surface area contributed by atoms with Crippen LogP contribution in [0.2, 0.25) is 0 Å². The van der Waals surface area contributed by atoms with Gasteiger partial charge < -0.3 is 4.90 Å². The topological polar surface area (TPSA) is 37.4 Å². The zero-order chi connectivity index (χ0) is 12.1. The summed E-state index contributed by atoms with van der Waals surface area (Å²) < 4.78 is 23.1. The number of sulfone groups is 1. The van der Waals surface area contributed by atoms with Crippen LogP contribution in [0.25, 0.3) is 0 Å². The maximum atomic E-state index is 11.5. The maximum Gasteiger partial charge on any atom is 0.153 e. The van der Waals surface area contributed by atoms with Crippen LogP contribution in [-0.4, -0.2) is 49.3 Å². The first-order chi connectivity index (χ1) is 6.75. The third kappa shape index (κ3) is 7.30. The quantitative estimate of drug-likeness (QED) is 0.674. The summed E-state index contributed by atoms with van der Waals surface area (Å²) in [6.45, 7) is 7.12. The normalized spacial score (nSPS) is 14.9. The molecule has 0 aromatic rings. The fourth-order valence-electron chi connectivity index (χ4n) is 1.03. The van der Waals surface area contributed by atoms with E-state index in [9.17, 15) is 8.42 Å². The molecule has 92 valence electrons. The molecule has 0 heterocycles. The molecule has 0 aromatic heterocycles. The summed E-state index contributed by atoms with van der Waals surface area (Å²) in [7, 11) is -0.922. The maximum absolute atomic E-state index is 11.5. The highest BCUT2D eigenvalue weighted by molar-refractivity contribution is 9.09. The SMILES string of the molecule is CC(Br)CCN(C)CCS(=O)(=O)C(C)C. The molecule has 0 bridgehead atoms. The number of hydrogen-bond acceptors (Lipinski definition) is 3. The van der Waals surface area contributed by atoms with Gasteiger partial charge in [-0.2, -0.15) is 0 Å². The van der Waals surface area contributed by atoms with Crippen molar-refractivity contribution in [1.82, 2.24) is 4.90 Å². The van der Waals surface area contributed by atoms with Gasteiger partial charge in [0.05, 0.1) is 11.0 Å². The minimum absolute atomic E-state index is 0.262. The Hall–Kier alpha value is 0.390. The molecule has 0 amide bonds. The van der Waals surface area contributed by atoms with E-state index < -0.39 is 9.84 Å². The van der Waals surface area contributed by atoms with Gasteiger partial charge >= 0.3 is 0 Å². The summed E-state index contributed by atoms with van der Waals surface area (Å²) >= 11 is 3.47. The van der Waals surface area contributed by atoms with Gasteiger partial charge in [-0.1, -0.05) is 22.9 Å². The third-order valence-corrected chi connectivity index (χ3v) is 5.03. The predicted octanol–water partition coefficient (Wildman–Crippen LogP) is 1.91. The Morgan fingerprint density at radius 1 is 1.20 bits per heavy atom. The van der Waals surface area contributed by atoms with E-state index in [2.05, 4.69) is 27.8 Å². The van der Waals surface area contributed by atoms with Crippen LogP contribution in [0.4, 0.5) is 0 Å². The number of hydrogen-bond donors (Lipinski definition) is 0. The highest BCUT2D eigenvalue weighted by Crippen LogP contribution is 2.05. The lowest BCUT2D eigenvalue weighted by molar-refractivity contribution is 0.348. The standard InChI is InChI=1S/C10H22BrNO2S/c1-9(2)15(13,14)8-7-12(4)6-5-10(3)11/h9-10H,5-8H2,1-4H3. The zero-order valence-corrected chi connectivity index (χ0v) is 12.4. The molecular weight excluding hydrogens is 278 g/mol. The number of halogens is 1. The highest BCUT2D eigenvalue weighted by atomic mass is 79.9. The third-order valence-electron chi connectivity index (χ3n) is 2.38. The van der Waals surface area contributed by atoms with E-state index in [1.807, 2.05) is 7.05 Å². The van der Waals surface area contributed by atoms with Crippen LogP contribution in [0.15, 0.2) is 0 Å². The molecule has 0 aromatic carbocycles. The second-order valence-electron chi connectivity index (χ2n) is 4.29. The number of alkyl halides is 1. The van der Waals surface area contributed by atoms with Gasteiger partial charge in [0.25, 0.3) is 0 Å². The van der Waals surface area contributed by atoms with Gasteiger partial charge in [0.15, 0.2) is 9.84 Å². The average molecular weight is 300 g/mol. The first kappa shape index (κ1) is 15.4. The molecule has 15 heavy (non-hydrogen) atoms. The molecular formula is C10H22BrNO2S. The van der Waals surface area contributed by atoms with Gasteiger partial charge in [0, 0.05) is 11.4 Å². The summed E-state index contributed by atoms with van der Waals surface area (Å²) in [5.74, 6) is 0.262. The highest BCUT2D eigenvalue weighted by Gasteiger charge is 2.16. The molecule has 0 aliphatic carbocycles. The Kier molecular flexibility index (Phi) is 7.04. The molecule has 0 fully saturated rings. The van der Waals surface area contributed by atoms with E-state index in [1.54, 1.807) is 13.8 Å². The fraction of sp³-hybridized carbons (Fsp3) is 1.00. The van der Waals surface area contributed by atoms with Crippen LogP contribution in [0, 0.1) is 0 Å². The van der Waals surface area contributed by atoms with Crippen LogP contribution < -0.4 is 0 Å². The summed E-state index contributed by atoms with van der Waals surface area (Å²) in [5.41, 5.74) is 0. The van der Waals surface area contributed by atoms with E-state index in [1.165, 1.54) is 0 Å². The van der Waals surface area contributed by atoms with Gasteiger partial charge in [-0.15, -0.1) is 0 Å². The van der Waals surface area contributed by atoms with Crippen LogP contribution in [0.5, 0.6) is 0 Å². The van der Waals surface area contributed by atoms with Crippen molar-refractivity contribution in [3.8, 4) is 0 Å². The average Bonchev–Trinajstić information content (AvgIpc) is 2.11. The summed E-state index contributed by atoms with van der Waals surface area (Å²) in [6, 6.07) is 0. The Morgan fingerprint density at radius 3 is 2.13 bits per heavy atom. The van der Waals surface area contributed by atoms with Gasteiger partial charge in [0.1, 0.15) is 0 Å². The molecule has 0 spiro atoms. The Bertz CT molecular complexity index is 263. The summed E-state index contributed by atoms with van der Waals surface area (Å²) in [4.78, 5) is 2.55. The molecule has 0 saturated carbocycles. The number of rotatable bonds is 7. The van der Waals surface area contributed by atoms with Gasteiger partial charge in [-0.05, 0) is 33.9 Å². The van der Waals surface area contributed by atoms with Crippen LogP contribution in [-0.2, 0) is 9.84 Å². The van der Waals surface area contributed by atoms with Crippen molar-refractivity contribution < 1.29 is 8.42 Å². The second-order valence-corrected chi connectivity index (χ2v) is 8.53. The van der Waals surface area contributed by atoms with Gasteiger partial charge in [-0.3, -0.25) is 0 Å². The summed E-state index contributed by atoms with van der Waals surface area (Å²) in [5, 5.41) is -0.263. The van der Waals surface area contributed by atoms with Crippen molar-refractivity contribution in [1.29, 1.82) is 0 Å². The van der Waals surface area contributed by atoms with Crippen LogP contribution in [0.3, 0.4) is 0 Å². The molecule has 0 radical (unpaired) electrons. The first-order valence-corrected chi connectivity index (χ1v) is 7.93. The molecule has 0 N–H and O–H groups in total. The Balaban J connectivity index is 3.86. The Morgan fingerprint density at radius 2 is 1.73 bits per heavy atom. The van der Waals surface area contributed by atoms with Crippen molar-refractivity contribution in [2.24, 2.45) is 0 Å². The smallest absolute Gasteiger partial charge is 0.153 e. The van der Waals surface area contributed by atoms with E-state index in [-0.39, 0.29) is 11.0 Å². The summed E-state index contributed by atoms with van der Waals surface area (Å²) in [6.07, 6.45) is 1.04. The molecule has 0 aliphatic heterocycles. The zero-order valence-electron chi connectivity index (χ0n) is 10.0. The van der Waals surface area contributed by atoms with E-state index >= 15 is 0 Å². The minimum Gasteiger partial charge on any atom is -0.305 e. The van der Waals surface area contributed by atoms with Gasteiger partial charge in [-0.25, -0.2) is 8.42 Å². The lowest BCUT2D eigenvalue weighted by atomic mass is 10.3. The van der Waals surface area contributed by atoms with Crippen LogP contribution >= 0.6 is 15.9 Å². The van der Waals surface area contributed by atoms with Crippen LogP contribution in [0.1, 0.15) is 27.2 Å². The molecule has 0 aliphatic rings. The van der Waals surface area contributed by atoms with E-state index in [0.717, 1.165) is 13.0 Å². The van der Waals surface area contributed by atoms with Crippen molar-refractivity contribution in [3.63, 3.8) is 0 Å². The van der Waals surface area contributed by atoms with Crippen molar-refractivity contribution >= 4 is 25.8 Å².